The molecule has 0 aliphatic carbocycles. The molecule has 2 saturated heterocycles. The van der Waals surface area contributed by atoms with Crippen molar-refractivity contribution >= 4 is 0 Å². The van der Waals surface area contributed by atoms with Crippen LogP contribution in [0.2, 0.25) is 0 Å². The van der Waals surface area contributed by atoms with E-state index in [-0.39, 0.29) is 11.2 Å². The molecule has 0 aromatic heterocycles. The summed E-state index contributed by atoms with van der Waals surface area (Å²) in [6.07, 6.45) is 2.24. The summed E-state index contributed by atoms with van der Waals surface area (Å²) >= 11 is 0. The SMILES string of the molecule is CC1(C)COC2(CCNC2)OC1.CCC. The fourth-order valence-electron chi connectivity index (χ4n) is 1.63. The van der Waals surface area contributed by atoms with E-state index in [1.165, 1.54) is 6.42 Å². The minimum absolute atomic E-state index is 0.188. The molecule has 15 heavy (non-hydrogen) atoms. The zero-order valence-corrected chi connectivity index (χ0v) is 10.6. The first kappa shape index (κ1) is 12.9. The Kier molecular flexibility index (Phi) is 4.56. The highest BCUT2D eigenvalue weighted by atomic mass is 16.7. The van der Waals surface area contributed by atoms with Crippen LogP contribution in [0.15, 0.2) is 0 Å². The van der Waals surface area contributed by atoms with Crippen LogP contribution in [-0.4, -0.2) is 32.1 Å². The molecular weight excluding hydrogens is 190 g/mol. The molecule has 2 aliphatic heterocycles. The van der Waals surface area contributed by atoms with Gasteiger partial charge in [-0.1, -0.05) is 34.1 Å². The molecule has 2 fully saturated rings. The lowest BCUT2D eigenvalue weighted by molar-refractivity contribution is -0.287. The Hall–Kier alpha value is -0.120. The number of hydrogen-bond acceptors (Lipinski definition) is 3. The van der Waals surface area contributed by atoms with Crippen molar-refractivity contribution < 1.29 is 9.47 Å². The van der Waals surface area contributed by atoms with Crippen molar-refractivity contribution in [3.05, 3.63) is 0 Å². The summed E-state index contributed by atoms with van der Waals surface area (Å²) in [5.41, 5.74) is 0.188. The highest BCUT2D eigenvalue weighted by Crippen LogP contribution is 2.32. The maximum absolute atomic E-state index is 5.76. The second-order valence-electron chi connectivity index (χ2n) is 5.29. The van der Waals surface area contributed by atoms with Crippen molar-refractivity contribution in [1.82, 2.24) is 5.32 Å². The van der Waals surface area contributed by atoms with Gasteiger partial charge in [-0.05, 0) is 0 Å². The first-order valence-corrected chi connectivity index (χ1v) is 6.02. The van der Waals surface area contributed by atoms with Gasteiger partial charge in [-0.3, -0.25) is 0 Å². The molecule has 0 saturated carbocycles. The highest BCUT2D eigenvalue weighted by Gasteiger charge is 2.42. The largest absolute Gasteiger partial charge is 0.348 e. The average Bonchev–Trinajstić information content (AvgIpc) is 2.62. The lowest BCUT2D eigenvalue weighted by atomic mass is 9.94. The Balaban J connectivity index is 0.000000337. The van der Waals surface area contributed by atoms with E-state index in [1.807, 2.05) is 0 Å². The summed E-state index contributed by atoms with van der Waals surface area (Å²) in [6.45, 7) is 12.1. The summed E-state index contributed by atoms with van der Waals surface area (Å²) in [5.74, 6) is -0.282. The van der Waals surface area contributed by atoms with Gasteiger partial charge in [-0.15, -0.1) is 0 Å². The molecule has 1 spiro atoms. The lowest BCUT2D eigenvalue weighted by Crippen LogP contribution is -2.48. The van der Waals surface area contributed by atoms with Crippen LogP contribution in [-0.2, 0) is 9.47 Å². The molecule has 90 valence electrons. The predicted octanol–water partition coefficient (Wildman–Crippen LogP) is 2.17. The fourth-order valence-corrected chi connectivity index (χ4v) is 1.63. The van der Waals surface area contributed by atoms with Gasteiger partial charge in [-0.25, -0.2) is 0 Å². The summed E-state index contributed by atoms with van der Waals surface area (Å²) in [6, 6.07) is 0. The minimum Gasteiger partial charge on any atom is -0.348 e. The third-order valence-corrected chi connectivity index (χ3v) is 2.53. The molecule has 0 radical (unpaired) electrons. The molecular formula is C12H25NO2. The molecule has 2 aliphatic rings. The van der Waals surface area contributed by atoms with Gasteiger partial charge in [0.25, 0.3) is 0 Å². The molecule has 2 rings (SSSR count). The Morgan fingerprint density at radius 3 is 2.07 bits per heavy atom. The van der Waals surface area contributed by atoms with Crippen molar-refractivity contribution in [2.75, 3.05) is 26.3 Å². The monoisotopic (exact) mass is 215 g/mol. The molecule has 0 atom stereocenters. The van der Waals surface area contributed by atoms with Crippen LogP contribution >= 0.6 is 0 Å². The van der Waals surface area contributed by atoms with Gasteiger partial charge in [0.1, 0.15) is 0 Å². The van der Waals surface area contributed by atoms with E-state index < -0.39 is 0 Å². The van der Waals surface area contributed by atoms with E-state index in [9.17, 15) is 0 Å². The predicted molar refractivity (Wildman–Crippen MR) is 61.9 cm³/mol. The van der Waals surface area contributed by atoms with Crippen LogP contribution < -0.4 is 5.32 Å². The van der Waals surface area contributed by atoms with Crippen molar-refractivity contribution in [2.24, 2.45) is 5.41 Å². The topological polar surface area (TPSA) is 30.5 Å². The van der Waals surface area contributed by atoms with E-state index in [0.29, 0.717) is 0 Å². The third-order valence-electron chi connectivity index (χ3n) is 2.53. The quantitative estimate of drug-likeness (QED) is 0.672. The first-order valence-electron chi connectivity index (χ1n) is 6.02. The summed E-state index contributed by atoms with van der Waals surface area (Å²) in [7, 11) is 0. The van der Waals surface area contributed by atoms with E-state index in [0.717, 1.165) is 32.7 Å². The second-order valence-corrected chi connectivity index (χ2v) is 5.29. The Morgan fingerprint density at radius 2 is 1.67 bits per heavy atom. The molecule has 0 amide bonds. The van der Waals surface area contributed by atoms with Crippen LogP contribution in [0.5, 0.6) is 0 Å². The van der Waals surface area contributed by atoms with Crippen LogP contribution in [0.4, 0.5) is 0 Å². The second kappa shape index (κ2) is 5.28. The maximum Gasteiger partial charge on any atom is 0.181 e. The van der Waals surface area contributed by atoms with Gasteiger partial charge in [-0.2, -0.15) is 0 Å². The van der Waals surface area contributed by atoms with E-state index in [2.05, 4.69) is 33.0 Å². The van der Waals surface area contributed by atoms with Gasteiger partial charge in [0.15, 0.2) is 5.79 Å². The minimum atomic E-state index is -0.282. The van der Waals surface area contributed by atoms with Crippen LogP contribution in [0, 0.1) is 5.41 Å². The molecule has 0 aromatic carbocycles. The summed E-state index contributed by atoms with van der Waals surface area (Å²) in [5, 5.41) is 3.26. The number of nitrogens with one attached hydrogen (secondary N) is 1. The van der Waals surface area contributed by atoms with Gasteiger partial charge in [0, 0.05) is 24.9 Å². The zero-order valence-electron chi connectivity index (χ0n) is 10.6. The highest BCUT2D eigenvalue weighted by molar-refractivity contribution is 4.86. The summed E-state index contributed by atoms with van der Waals surface area (Å²) in [4.78, 5) is 0. The van der Waals surface area contributed by atoms with Crippen molar-refractivity contribution in [2.45, 2.75) is 46.3 Å². The molecule has 3 heteroatoms. The smallest absolute Gasteiger partial charge is 0.181 e. The molecule has 0 aromatic rings. The van der Waals surface area contributed by atoms with Gasteiger partial charge >= 0.3 is 0 Å². The number of rotatable bonds is 0. The van der Waals surface area contributed by atoms with E-state index in [1.54, 1.807) is 0 Å². The normalized spacial score (nSPS) is 27.2. The third kappa shape index (κ3) is 3.74. The average molecular weight is 215 g/mol. The molecule has 0 unspecified atom stereocenters. The van der Waals surface area contributed by atoms with E-state index in [4.69, 9.17) is 9.47 Å². The molecule has 1 N–H and O–H groups in total. The van der Waals surface area contributed by atoms with Crippen LogP contribution in [0.3, 0.4) is 0 Å². The zero-order chi connectivity index (χ0) is 11.4. The van der Waals surface area contributed by atoms with Crippen molar-refractivity contribution in [1.29, 1.82) is 0 Å². The Bertz CT molecular complexity index is 174. The van der Waals surface area contributed by atoms with Crippen molar-refractivity contribution in [3.63, 3.8) is 0 Å². The maximum atomic E-state index is 5.76. The molecule has 0 bridgehead atoms. The number of hydrogen-bond donors (Lipinski definition) is 1. The molecule has 2 heterocycles. The van der Waals surface area contributed by atoms with Gasteiger partial charge < -0.3 is 14.8 Å². The fraction of sp³-hybridized carbons (Fsp3) is 1.00. The van der Waals surface area contributed by atoms with Crippen molar-refractivity contribution in [3.8, 4) is 0 Å². The number of ether oxygens (including phenoxy) is 2. The van der Waals surface area contributed by atoms with E-state index >= 15 is 0 Å². The van der Waals surface area contributed by atoms with Crippen LogP contribution in [0.1, 0.15) is 40.5 Å². The van der Waals surface area contributed by atoms with Gasteiger partial charge in [0.2, 0.25) is 0 Å². The van der Waals surface area contributed by atoms with Gasteiger partial charge in [0.05, 0.1) is 13.2 Å². The Morgan fingerprint density at radius 1 is 1.13 bits per heavy atom. The Labute approximate surface area is 93.5 Å². The standard InChI is InChI=1S/C9H17NO2.C3H8/c1-8(2)6-11-9(12-7-8)3-4-10-5-9;1-3-2/h10H,3-7H2,1-2H3;3H2,1-2H3. The lowest BCUT2D eigenvalue weighted by Gasteiger charge is -2.40. The first-order chi connectivity index (χ1) is 7.04. The van der Waals surface area contributed by atoms with Crippen LogP contribution in [0.25, 0.3) is 0 Å². The molecule has 3 nitrogen and oxygen atoms in total. The summed E-state index contributed by atoms with van der Waals surface area (Å²) < 4.78 is 11.5.